The van der Waals surface area contributed by atoms with Crippen LogP contribution in [-0.4, -0.2) is 41.4 Å². The summed E-state index contributed by atoms with van der Waals surface area (Å²) < 4.78 is 5.75. The fourth-order valence-corrected chi connectivity index (χ4v) is 3.88. The minimum atomic E-state index is -0.948. The molecule has 0 aromatic heterocycles. The number of carbonyl (C=O) groups is 3. The fourth-order valence-electron chi connectivity index (χ4n) is 3.88. The van der Waals surface area contributed by atoms with Crippen LogP contribution in [0.3, 0.4) is 0 Å². The Labute approximate surface area is 195 Å². The lowest BCUT2D eigenvalue weighted by atomic mass is 10.1. The normalized spacial score (nSPS) is 18.9. The summed E-state index contributed by atoms with van der Waals surface area (Å²) in [5.74, 6) is 0.0688. The maximum atomic E-state index is 13.0. The molecule has 2 unspecified atom stereocenters. The van der Waals surface area contributed by atoms with Gasteiger partial charge in [-0.2, -0.15) is 5.11 Å². The minimum absolute atomic E-state index is 0.215. The highest BCUT2D eigenvalue weighted by Gasteiger charge is 2.55. The van der Waals surface area contributed by atoms with Crippen molar-refractivity contribution in [3.05, 3.63) is 84.4 Å². The molecule has 3 aromatic carbocycles. The minimum Gasteiger partial charge on any atom is -0.457 e. The first-order chi connectivity index (χ1) is 16.5. The van der Waals surface area contributed by atoms with E-state index in [9.17, 15) is 14.4 Å². The van der Waals surface area contributed by atoms with Crippen LogP contribution in [-0.2, 0) is 14.4 Å². The molecule has 3 aromatic rings. The first kappa shape index (κ1) is 21.3. The Balaban J connectivity index is 1.22. The lowest BCUT2D eigenvalue weighted by Crippen LogP contribution is -2.43. The van der Waals surface area contributed by atoms with Gasteiger partial charge < -0.3 is 10.1 Å². The quantitative estimate of drug-likeness (QED) is 0.571. The number of rotatable bonds is 6. The second-order valence-corrected chi connectivity index (χ2v) is 8.03. The van der Waals surface area contributed by atoms with E-state index < -0.39 is 23.9 Å². The molecule has 2 atom stereocenters. The fraction of sp³-hybridized carbons (Fsp3) is 0.160. The zero-order valence-corrected chi connectivity index (χ0v) is 18.3. The Morgan fingerprint density at radius 1 is 0.912 bits per heavy atom. The summed E-state index contributed by atoms with van der Waals surface area (Å²) >= 11 is 0. The number of hydrogen-bond acceptors (Lipinski definition) is 7. The summed E-state index contributed by atoms with van der Waals surface area (Å²) in [5.41, 5.74) is 2.06. The lowest BCUT2D eigenvalue weighted by molar-refractivity contribution is -0.123. The number of amides is 3. The molecule has 1 N–H and O–H groups in total. The number of anilines is 2. The van der Waals surface area contributed by atoms with Crippen molar-refractivity contribution in [2.75, 3.05) is 16.8 Å². The molecule has 1 fully saturated rings. The van der Waals surface area contributed by atoms with Crippen LogP contribution < -0.4 is 15.0 Å². The molecule has 2 aliphatic heterocycles. The summed E-state index contributed by atoms with van der Waals surface area (Å²) in [7, 11) is 0. The van der Waals surface area contributed by atoms with Gasteiger partial charge in [0.2, 0.25) is 5.91 Å². The number of nitrogens with zero attached hydrogens (tertiary/aromatic N) is 4. The second kappa shape index (κ2) is 8.78. The van der Waals surface area contributed by atoms with Gasteiger partial charge in [0.1, 0.15) is 18.0 Å². The molecule has 34 heavy (non-hydrogen) atoms. The van der Waals surface area contributed by atoms with Crippen molar-refractivity contribution in [1.82, 2.24) is 5.01 Å². The number of ether oxygens (including phenoxy) is 1. The molecular weight excluding hydrogens is 434 g/mol. The maximum absolute atomic E-state index is 13.0. The zero-order valence-electron chi connectivity index (χ0n) is 18.3. The largest absolute Gasteiger partial charge is 0.457 e. The van der Waals surface area contributed by atoms with Gasteiger partial charge in [0.25, 0.3) is 11.8 Å². The van der Waals surface area contributed by atoms with Gasteiger partial charge in [-0.05, 0) is 55.5 Å². The lowest BCUT2D eigenvalue weighted by Gasteiger charge is -2.20. The predicted molar refractivity (Wildman–Crippen MR) is 124 cm³/mol. The number of para-hydroxylation sites is 1. The summed E-state index contributed by atoms with van der Waals surface area (Å²) in [6.45, 7) is 1.71. The number of aryl methyl sites for hydroxylation is 1. The highest BCUT2D eigenvalue weighted by molar-refractivity contribution is 6.25. The molecule has 170 valence electrons. The van der Waals surface area contributed by atoms with Crippen molar-refractivity contribution < 1.29 is 19.1 Å². The molecule has 9 nitrogen and oxygen atoms in total. The highest BCUT2D eigenvalue weighted by Crippen LogP contribution is 2.32. The Kier molecular flexibility index (Phi) is 5.51. The molecule has 0 bridgehead atoms. The van der Waals surface area contributed by atoms with Gasteiger partial charge >= 0.3 is 0 Å². The first-order valence-corrected chi connectivity index (χ1v) is 10.7. The molecule has 3 amide bonds. The van der Waals surface area contributed by atoms with Crippen molar-refractivity contribution >= 4 is 29.1 Å². The molecule has 1 saturated heterocycles. The van der Waals surface area contributed by atoms with Crippen molar-refractivity contribution in [3.63, 3.8) is 0 Å². The Bertz CT molecular complexity index is 1260. The molecule has 9 heteroatoms. The third-order valence-corrected chi connectivity index (χ3v) is 5.57. The zero-order chi connectivity index (χ0) is 23.7. The Morgan fingerprint density at radius 2 is 1.59 bits per heavy atom. The van der Waals surface area contributed by atoms with Crippen LogP contribution in [0.4, 0.5) is 11.4 Å². The Morgan fingerprint density at radius 3 is 2.29 bits per heavy atom. The van der Waals surface area contributed by atoms with Crippen LogP contribution in [0.15, 0.2) is 89.2 Å². The molecule has 2 heterocycles. The van der Waals surface area contributed by atoms with Crippen molar-refractivity contribution in [2.24, 2.45) is 10.3 Å². The number of nitrogens with one attached hydrogen (secondary N) is 1. The van der Waals surface area contributed by atoms with Crippen LogP contribution in [0.1, 0.15) is 5.56 Å². The van der Waals surface area contributed by atoms with Gasteiger partial charge in [-0.15, -0.1) is 0 Å². The molecule has 5 rings (SSSR count). The van der Waals surface area contributed by atoms with Gasteiger partial charge in [-0.25, -0.2) is 4.90 Å². The third-order valence-electron chi connectivity index (χ3n) is 5.57. The van der Waals surface area contributed by atoms with Crippen LogP contribution in [0, 0.1) is 6.92 Å². The van der Waals surface area contributed by atoms with Gasteiger partial charge in [0.15, 0.2) is 12.1 Å². The molecule has 0 radical (unpaired) electrons. The first-order valence-electron chi connectivity index (χ1n) is 10.7. The van der Waals surface area contributed by atoms with Gasteiger partial charge in [0.05, 0.1) is 5.69 Å². The summed E-state index contributed by atoms with van der Waals surface area (Å²) in [6, 6.07) is 21.5. The van der Waals surface area contributed by atoms with Crippen LogP contribution >= 0.6 is 0 Å². The van der Waals surface area contributed by atoms with Gasteiger partial charge in [-0.1, -0.05) is 41.1 Å². The molecule has 2 aliphatic rings. The SMILES string of the molecule is Cc1ccc(N2C(=O)C3N=NN(CC(=O)Nc4ccc(Oc5ccccc5)cc4)C3C2=O)cc1. The van der Waals surface area contributed by atoms with E-state index in [0.717, 1.165) is 10.5 Å². The number of carbonyl (C=O) groups excluding carboxylic acids is 3. The van der Waals surface area contributed by atoms with Crippen molar-refractivity contribution in [2.45, 2.75) is 19.0 Å². The van der Waals surface area contributed by atoms with Crippen LogP contribution in [0.2, 0.25) is 0 Å². The van der Waals surface area contributed by atoms with E-state index in [4.69, 9.17) is 4.74 Å². The highest BCUT2D eigenvalue weighted by atomic mass is 16.5. The smallest absolute Gasteiger partial charge is 0.263 e. The number of benzene rings is 3. The van der Waals surface area contributed by atoms with Crippen LogP contribution in [0.5, 0.6) is 11.5 Å². The molecule has 0 saturated carbocycles. The van der Waals surface area contributed by atoms with Gasteiger partial charge in [-0.3, -0.25) is 19.4 Å². The van der Waals surface area contributed by atoms with E-state index >= 15 is 0 Å². The summed E-state index contributed by atoms with van der Waals surface area (Å²) in [4.78, 5) is 39.5. The summed E-state index contributed by atoms with van der Waals surface area (Å²) in [6.07, 6.45) is 0. The topological polar surface area (TPSA) is 104 Å². The average molecular weight is 455 g/mol. The van der Waals surface area contributed by atoms with E-state index in [1.807, 2.05) is 49.4 Å². The number of fused-ring (bicyclic) bond motifs is 1. The molecular formula is C25H21N5O4. The monoisotopic (exact) mass is 455 g/mol. The maximum Gasteiger partial charge on any atom is 0.263 e. The van der Waals surface area contributed by atoms with Crippen molar-refractivity contribution in [3.8, 4) is 11.5 Å². The Hall–Kier alpha value is -4.53. The van der Waals surface area contributed by atoms with E-state index in [1.54, 1.807) is 36.4 Å². The molecule has 0 spiro atoms. The number of imide groups is 1. The predicted octanol–water partition coefficient (Wildman–Crippen LogP) is 3.72. The third kappa shape index (κ3) is 4.11. The number of hydrogen-bond donors (Lipinski definition) is 1. The second-order valence-electron chi connectivity index (χ2n) is 8.03. The standard InChI is InChI=1S/C25H21N5O4/c1-16-7-11-18(12-8-16)30-24(32)22-23(25(30)33)29(28-27-22)15-21(31)26-17-9-13-20(14-10-17)34-19-5-3-2-4-6-19/h2-14,22-23H,15H2,1H3,(H,26,31). The average Bonchev–Trinajstić information content (AvgIpc) is 3.36. The van der Waals surface area contributed by atoms with E-state index in [-0.39, 0.29) is 12.5 Å². The summed E-state index contributed by atoms with van der Waals surface area (Å²) in [5, 5.41) is 11.9. The molecule has 0 aliphatic carbocycles. The van der Waals surface area contributed by atoms with Crippen LogP contribution in [0.25, 0.3) is 0 Å². The van der Waals surface area contributed by atoms with Crippen molar-refractivity contribution in [1.29, 1.82) is 0 Å². The van der Waals surface area contributed by atoms with E-state index in [0.29, 0.717) is 22.9 Å². The van der Waals surface area contributed by atoms with Gasteiger partial charge in [0, 0.05) is 5.69 Å². The van der Waals surface area contributed by atoms with E-state index in [1.165, 1.54) is 5.01 Å². The van der Waals surface area contributed by atoms with E-state index in [2.05, 4.69) is 15.7 Å².